The predicted octanol–water partition coefficient (Wildman–Crippen LogP) is 2.32. The topological polar surface area (TPSA) is 41.1 Å². The lowest BCUT2D eigenvalue weighted by molar-refractivity contribution is -0.121. The van der Waals surface area contributed by atoms with Crippen molar-refractivity contribution in [1.29, 1.82) is 0 Å². The van der Waals surface area contributed by atoms with Crippen LogP contribution in [-0.4, -0.2) is 24.5 Å². The van der Waals surface area contributed by atoms with Gasteiger partial charge >= 0.3 is 0 Å². The molecule has 100 valence electrons. The molecule has 0 aromatic rings. The third-order valence-electron chi connectivity index (χ3n) is 3.64. The zero-order valence-corrected chi connectivity index (χ0v) is 11.8. The molecule has 1 fully saturated rings. The van der Waals surface area contributed by atoms with E-state index in [1.165, 1.54) is 19.3 Å². The van der Waals surface area contributed by atoms with Crippen molar-refractivity contribution in [2.45, 2.75) is 65.5 Å². The number of nitrogens with one attached hydrogen (secondary N) is 2. The van der Waals surface area contributed by atoms with E-state index in [0.29, 0.717) is 12.5 Å². The minimum atomic E-state index is 0.157. The Balaban J connectivity index is 2.16. The second-order valence-electron chi connectivity index (χ2n) is 5.93. The average molecular weight is 240 g/mol. The second-order valence-corrected chi connectivity index (χ2v) is 5.93. The fraction of sp³-hybridized carbons (Fsp3) is 0.929. The van der Waals surface area contributed by atoms with Crippen LogP contribution in [0.25, 0.3) is 0 Å². The first-order valence-corrected chi connectivity index (χ1v) is 7.01. The summed E-state index contributed by atoms with van der Waals surface area (Å²) in [5.41, 5.74) is 0. The molecule has 3 unspecified atom stereocenters. The molecule has 1 rings (SSSR count). The van der Waals surface area contributed by atoms with Gasteiger partial charge in [-0.25, -0.2) is 0 Å². The molecule has 3 nitrogen and oxygen atoms in total. The van der Waals surface area contributed by atoms with E-state index in [-0.39, 0.29) is 11.9 Å². The number of hydrogen-bond acceptors (Lipinski definition) is 2. The third-order valence-corrected chi connectivity index (χ3v) is 3.64. The van der Waals surface area contributed by atoms with Crippen LogP contribution < -0.4 is 10.6 Å². The van der Waals surface area contributed by atoms with Crippen molar-refractivity contribution in [2.75, 3.05) is 6.54 Å². The minimum absolute atomic E-state index is 0.157. The van der Waals surface area contributed by atoms with Gasteiger partial charge in [-0.15, -0.1) is 0 Å². The van der Waals surface area contributed by atoms with Crippen molar-refractivity contribution in [3.05, 3.63) is 0 Å². The minimum Gasteiger partial charge on any atom is -0.354 e. The zero-order valence-electron chi connectivity index (χ0n) is 11.8. The maximum Gasteiger partial charge on any atom is 0.221 e. The molecule has 0 aromatic heterocycles. The first kappa shape index (κ1) is 14.5. The molecule has 3 atom stereocenters. The quantitative estimate of drug-likeness (QED) is 0.774. The fourth-order valence-corrected chi connectivity index (χ4v) is 2.73. The van der Waals surface area contributed by atoms with Crippen LogP contribution in [0.1, 0.15) is 53.4 Å². The molecule has 0 saturated heterocycles. The molecule has 0 heterocycles. The van der Waals surface area contributed by atoms with Gasteiger partial charge in [-0.1, -0.05) is 13.8 Å². The molecule has 1 aliphatic carbocycles. The van der Waals surface area contributed by atoms with Gasteiger partial charge in [0, 0.05) is 25.0 Å². The lowest BCUT2D eigenvalue weighted by Crippen LogP contribution is -2.41. The Hall–Kier alpha value is -0.570. The predicted molar refractivity (Wildman–Crippen MR) is 71.9 cm³/mol. The molecule has 17 heavy (non-hydrogen) atoms. The van der Waals surface area contributed by atoms with Crippen LogP contribution >= 0.6 is 0 Å². The summed E-state index contributed by atoms with van der Waals surface area (Å²) >= 11 is 0. The van der Waals surface area contributed by atoms with E-state index < -0.39 is 0 Å². The van der Waals surface area contributed by atoms with Gasteiger partial charge in [-0.3, -0.25) is 4.79 Å². The summed E-state index contributed by atoms with van der Waals surface area (Å²) in [7, 11) is 0. The number of amides is 1. The Morgan fingerprint density at radius 1 is 1.29 bits per heavy atom. The Kier molecular flexibility index (Phi) is 5.96. The molecule has 0 radical (unpaired) electrons. The first-order chi connectivity index (χ1) is 7.99. The van der Waals surface area contributed by atoms with Crippen LogP contribution in [0.4, 0.5) is 0 Å². The first-order valence-electron chi connectivity index (χ1n) is 7.01. The van der Waals surface area contributed by atoms with Crippen LogP contribution in [0.5, 0.6) is 0 Å². The highest BCUT2D eigenvalue weighted by Gasteiger charge is 2.24. The van der Waals surface area contributed by atoms with E-state index in [9.17, 15) is 4.79 Å². The van der Waals surface area contributed by atoms with E-state index in [0.717, 1.165) is 18.4 Å². The highest BCUT2D eigenvalue weighted by Crippen LogP contribution is 2.28. The van der Waals surface area contributed by atoms with E-state index in [1.54, 1.807) is 0 Å². The van der Waals surface area contributed by atoms with Crippen LogP contribution in [-0.2, 0) is 4.79 Å². The average Bonchev–Trinajstić information content (AvgIpc) is 2.20. The number of carbonyl (C=O) groups excluding carboxylic acids is 1. The summed E-state index contributed by atoms with van der Waals surface area (Å²) in [6.45, 7) is 9.46. The van der Waals surface area contributed by atoms with Crippen molar-refractivity contribution < 1.29 is 4.79 Å². The summed E-state index contributed by atoms with van der Waals surface area (Å²) in [6, 6.07) is 0.856. The molecule has 2 N–H and O–H groups in total. The summed E-state index contributed by atoms with van der Waals surface area (Å²) in [5.74, 6) is 1.77. The zero-order chi connectivity index (χ0) is 12.8. The third kappa shape index (κ3) is 5.53. The van der Waals surface area contributed by atoms with E-state index in [4.69, 9.17) is 0 Å². The van der Waals surface area contributed by atoms with Crippen LogP contribution in [0.3, 0.4) is 0 Å². The SMILES string of the molecule is CC1CCC(NCCC(=O)NC(C)C)C(C)C1. The van der Waals surface area contributed by atoms with E-state index in [2.05, 4.69) is 24.5 Å². The van der Waals surface area contributed by atoms with Crippen LogP contribution in [0.15, 0.2) is 0 Å². The number of carbonyl (C=O) groups is 1. The van der Waals surface area contributed by atoms with Crippen molar-refractivity contribution >= 4 is 5.91 Å². The Morgan fingerprint density at radius 3 is 2.59 bits per heavy atom. The summed E-state index contributed by atoms with van der Waals surface area (Å²) < 4.78 is 0. The Labute approximate surface area is 106 Å². The molecule has 0 aliphatic heterocycles. The van der Waals surface area contributed by atoms with E-state index in [1.807, 2.05) is 13.8 Å². The summed E-state index contributed by atoms with van der Waals surface area (Å²) in [6.07, 6.45) is 4.49. The smallest absolute Gasteiger partial charge is 0.221 e. The molecule has 0 bridgehead atoms. The highest BCUT2D eigenvalue weighted by atomic mass is 16.1. The van der Waals surface area contributed by atoms with Crippen molar-refractivity contribution in [3.8, 4) is 0 Å². The van der Waals surface area contributed by atoms with Crippen LogP contribution in [0, 0.1) is 11.8 Å². The summed E-state index contributed by atoms with van der Waals surface area (Å²) in [4.78, 5) is 11.5. The van der Waals surface area contributed by atoms with Gasteiger partial charge in [0.15, 0.2) is 0 Å². The van der Waals surface area contributed by atoms with Gasteiger partial charge in [-0.2, -0.15) is 0 Å². The number of rotatable bonds is 5. The molecular formula is C14H28N2O. The Bertz CT molecular complexity index is 240. The van der Waals surface area contributed by atoms with Crippen molar-refractivity contribution in [3.63, 3.8) is 0 Å². The summed E-state index contributed by atoms with van der Waals surface area (Å²) in [5, 5.41) is 6.46. The lowest BCUT2D eigenvalue weighted by atomic mass is 9.80. The van der Waals surface area contributed by atoms with Gasteiger partial charge in [0.2, 0.25) is 5.91 Å². The van der Waals surface area contributed by atoms with Gasteiger partial charge in [-0.05, 0) is 44.9 Å². The highest BCUT2D eigenvalue weighted by molar-refractivity contribution is 5.76. The van der Waals surface area contributed by atoms with Gasteiger partial charge < -0.3 is 10.6 Å². The molecule has 1 amide bonds. The van der Waals surface area contributed by atoms with Gasteiger partial charge in [0.05, 0.1) is 0 Å². The van der Waals surface area contributed by atoms with Gasteiger partial charge in [0.25, 0.3) is 0 Å². The maximum atomic E-state index is 11.5. The largest absolute Gasteiger partial charge is 0.354 e. The van der Waals surface area contributed by atoms with Crippen molar-refractivity contribution in [2.24, 2.45) is 11.8 Å². The number of hydrogen-bond donors (Lipinski definition) is 2. The molecule has 1 aliphatic rings. The molecule has 3 heteroatoms. The fourth-order valence-electron chi connectivity index (χ4n) is 2.73. The molecule has 0 aromatic carbocycles. The maximum absolute atomic E-state index is 11.5. The van der Waals surface area contributed by atoms with Gasteiger partial charge in [0.1, 0.15) is 0 Å². The standard InChI is InChI=1S/C14H28N2O/c1-10(2)16-14(17)7-8-15-13-6-5-11(3)9-12(13)4/h10-13,15H,5-9H2,1-4H3,(H,16,17). The lowest BCUT2D eigenvalue weighted by Gasteiger charge is -2.33. The van der Waals surface area contributed by atoms with Crippen molar-refractivity contribution in [1.82, 2.24) is 10.6 Å². The normalized spacial score (nSPS) is 29.4. The second kappa shape index (κ2) is 7.00. The molecule has 1 saturated carbocycles. The van der Waals surface area contributed by atoms with Crippen LogP contribution in [0.2, 0.25) is 0 Å². The van der Waals surface area contributed by atoms with E-state index >= 15 is 0 Å². The Morgan fingerprint density at radius 2 is 2.00 bits per heavy atom. The molecule has 0 spiro atoms. The monoisotopic (exact) mass is 240 g/mol. The molecular weight excluding hydrogens is 212 g/mol.